The largest absolute Gasteiger partial charge is 0.266 e. The smallest absolute Gasteiger partial charge is 0.0358 e. The molecule has 0 heterocycles. The molecular formula is C8H13N. The molecule has 1 fully saturated rings. The minimum absolute atomic E-state index is 0.729. The minimum atomic E-state index is 0.729. The zero-order chi connectivity index (χ0) is 6.69. The molecular weight excluding hydrogens is 110 g/mol. The van der Waals surface area contributed by atoms with Crippen LogP contribution in [0.25, 0.3) is 0 Å². The van der Waals surface area contributed by atoms with E-state index in [1.54, 1.807) is 0 Å². The van der Waals surface area contributed by atoms with E-state index >= 15 is 0 Å². The van der Waals surface area contributed by atoms with Crippen LogP contribution in [0.1, 0.15) is 26.2 Å². The lowest BCUT2D eigenvalue weighted by Gasteiger charge is -1.90. The van der Waals surface area contributed by atoms with E-state index in [1.807, 2.05) is 6.21 Å². The summed E-state index contributed by atoms with van der Waals surface area (Å²) in [4.78, 5) is 4.19. The van der Waals surface area contributed by atoms with Gasteiger partial charge in [0.2, 0.25) is 0 Å². The van der Waals surface area contributed by atoms with Crippen molar-refractivity contribution in [3.63, 3.8) is 0 Å². The van der Waals surface area contributed by atoms with Crippen molar-refractivity contribution in [2.45, 2.75) is 26.2 Å². The monoisotopic (exact) mass is 123 g/mol. The van der Waals surface area contributed by atoms with Crippen molar-refractivity contribution >= 4 is 6.21 Å². The van der Waals surface area contributed by atoms with Crippen LogP contribution in [0, 0.1) is 5.92 Å². The molecule has 0 atom stereocenters. The van der Waals surface area contributed by atoms with E-state index in [2.05, 4.69) is 18.5 Å². The highest BCUT2D eigenvalue weighted by Crippen LogP contribution is 2.35. The van der Waals surface area contributed by atoms with Crippen molar-refractivity contribution in [2.75, 3.05) is 0 Å². The normalized spacial score (nSPS) is 18.8. The van der Waals surface area contributed by atoms with Gasteiger partial charge in [-0.15, -0.1) is 0 Å². The number of rotatable bonds is 3. The van der Waals surface area contributed by atoms with E-state index in [0.29, 0.717) is 0 Å². The molecule has 0 bridgehead atoms. The maximum absolute atomic E-state index is 4.19. The SMILES string of the molecule is C=C(/N=C\CC)C1CC1. The molecule has 50 valence electrons. The first-order valence-corrected chi connectivity index (χ1v) is 3.56. The van der Waals surface area contributed by atoms with Gasteiger partial charge in [-0.2, -0.15) is 0 Å². The van der Waals surface area contributed by atoms with Crippen LogP contribution in [-0.2, 0) is 0 Å². The Bertz CT molecular complexity index is 132. The third kappa shape index (κ3) is 2.00. The first-order chi connectivity index (χ1) is 4.34. The Hall–Kier alpha value is -0.590. The Kier molecular flexibility index (Phi) is 2.04. The van der Waals surface area contributed by atoms with E-state index in [4.69, 9.17) is 0 Å². The second-order valence-electron chi connectivity index (χ2n) is 2.49. The van der Waals surface area contributed by atoms with Crippen molar-refractivity contribution in [2.24, 2.45) is 10.9 Å². The molecule has 0 spiro atoms. The molecule has 0 aromatic rings. The van der Waals surface area contributed by atoms with E-state index < -0.39 is 0 Å². The van der Waals surface area contributed by atoms with Gasteiger partial charge in [0.15, 0.2) is 0 Å². The highest BCUT2D eigenvalue weighted by atomic mass is 14.7. The highest BCUT2D eigenvalue weighted by molar-refractivity contribution is 5.58. The molecule has 1 rings (SSSR count). The molecule has 1 aliphatic rings. The van der Waals surface area contributed by atoms with Gasteiger partial charge in [-0.1, -0.05) is 13.5 Å². The highest BCUT2D eigenvalue weighted by Gasteiger charge is 2.23. The number of allylic oxidation sites excluding steroid dienone is 1. The Labute approximate surface area is 56.5 Å². The molecule has 0 saturated heterocycles. The lowest BCUT2D eigenvalue weighted by atomic mass is 10.3. The molecule has 0 amide bonds. The van der Waals surface area contributed by atoms with Crippen molar-refractivity contribution in [3.05, 3.63) is 12.3 Å². The van der Waals surface area contributed by atoms with E-state index in [9.17, 15) is 0 Å². The molecule has 0 unspecified atom stereocenters. The van der Waals surface area contributed by atoms with Gasteiger partial charge >= 0.3 is 0 Å². The maximum atomic E-state index is 4.19. The van der Waals surface area contributed by atoms with Gasteiger partial charge in [0.05, 0.1) is 0 Å². The molecule has 0 aromatic carbocycles. The summed E-state index contributed by atoms with van der Waals surface area (Å²) in [6.07, 6.45) is 5.56. The Balaban J connectivity index is 2.25. The Morgan fingerprint density at radius 1 is 1.78 bits per heavy atom. The van der Waals surface area contributed by atoms with Gasteiger partial charge in [-0.05, 0) is 19.3 Å². The second kappa shape index (κ2) is 2.81. The average molecular weight is 123 g/mol. The molecule has 0 aliphatic heterocycles. The summed E-state index contributed by atoms with van der Waals surface area (Å²) < 4.78 is 0. The van der Waals surface area contributed by atoms with Crippen LogP contribution >= 0.6 is 0 Å². The van der Waals surface area contributed by atoms with Crippen molar-refractivity contribution in [1.29, 1.82) is 0 Å². The van der Waals surface area contributed by atoms with E-state index in [0.717, 1.165) is 18.0 Å². The topological polar surface area (TPSA) is 12.4 Å². The van der Waals surface area contributed by atoms with E-state index in [1.165, 1.54) is 12.8 Å². The first-order valence-electron chi connectivity index (χ1n) is 3.56. The molecule has 0 radical (unpaired) electrons. The standard InChI is InChI=1S/C8H13N/c1-3-6-9-7(2)8-4-5-8/h6,8H,2-5H2,1H3/b9-6-. The zero-order valence-electron chi connectivity index (χ0n) is 5.93. The maximum Gasteiger partial charge on any atom is 0.0358 e. The van der Waals surface area contributed by atoms with Crippen molar-refractivity contribution in [3.8, 4) is 0 Å². The lowest BCUT2D eigenvalue weighted by molar-refractivity contribution is 0.988. The zero-order valence-corrected chi connectivity index (χ0v) is 5.93. The van der Waals surface area contributed by atoms with Crippen LogP contribution in [0.2, 0.25) is 0 Å². The molecule has 0 aromatic heterocycles. The number of nitrogens with zero attached hydrogens (tertiary/aromatic N) is 1. The number of aliphatic imine (C=N–C) groups is 1. The van der Waals surface area contributed by atoms with Gasteiger partial charge in [-0.25, -0.2) is 0 Å². The molecule has 9 heavy (non-hydrogen) atoms. The third-order valence-electron chi connectivity index (χ3n) is 1.49. The Morgan fingerprint density at radius 2 is 2.44 bits per heavy atom. The first kappa shape index (κ1) is 6.53. The molecule has 1 nitrogen and oxygen atoms in total. The summed E-state index contributed by atoms with van der Waals surface area (Å²) in [5, 5.41) is 0. The minimum Gasteiger partial charge on any atom is -0.266 e. The van der Waals surface area contributed by atoms with Gasteiger partial charge < -0.3 is 0 Å². The number of hydrogen-bond donors (Lipinski definition) is 0. The second-order valence-corrected chi connectivity index (χ2v) is 2.49. The fraction of sp³-hybridized carbons (Fsp3) is 0.625. The predicted octanol–water partition coefficient (Wildman–Crippen LogP) is 2.39. The summed E-state index contributed by atoms with van der Waals surface area (Å²) in [6, 6.07) is 0. The van der Waals surface area contributed by atoms with Crippen LogP contribution in [0.5, 0.6) is 0 Å². The summed E-state index contributed by atoms with van der Waals surface area (Å²) in [7, 11) is 0. The van der Waals surface area contributed by atoms with Crippen LogP contribution in [-0.4, -0.2) is 6.21 Å². The number of hydrogen-bond acceptors (Lipinski definition) is 1. The van der Waals surface area contributed by atoms with Crippen LogP contribution < -0.4 is 0 Å². The Morgan fingerprint density at radius 3 is 2.89 bits per heavy atom. The van der Waals surface area contributed by atoms with Gasteiger partial charge in [0, 0.05) is 17.8 Å². The van der Waals surface area contributed by atoms with Crippen LogP contribution in [0.3, 0.4) is 0 Å². The van der Waals surface area contributed by atoms with Crippen molar-refractivity contribution < 1.29 is 0 Å². The molecule has 1 saturated carbocycles. The van der Waals surface area contributed by atoms with Gasteiger partial charge in [0.1, 0.15) is 0 Å². The average Bonchev–Trinajstić information content (AvgIpc) is 2.63. The quantitative estimate of drug-likeness (QED) is 0.511. The molecule has 1 heteroatoms. The van der Waals surface area contributed by atoms with Gasteiger partial charge in [0.25, 0.3) is 0 Å². The fourth-order valence-corrected chi connectivity index (χ4v) is 0.731. The van der Waals surface area contributed by atoms with E-state index in [-0.39, 0.29) is 0 Å². The summed E-state index contributed by atoms with van der Waals surface area (Å²) >= 11 is 0. The summed E-state index contributed by atoms with van der Waals surface area (Å²) in [5.74, 6) is 0.729. The van der Waals surface area contributed by atoms with Crippen LogP contribution in [0.15, 0.2) is 17.3 Å². The third-order valence-corrected chi connectivity index (χ3v) is 1.49. The van der Waals surface area contributed by atoms with Crippen molar-refractivity contribution in [1.82, 2.24) is 0 Å². The predicted molar refractivity (Wildman–Crippen MR) is 40.6 cm³/mol. The van der Waals surface area contributed by atoms with Crippen LogP contribution in [0.4, 0.5) is 0 Å². The molecule has 0 N–H and O–H groups in total. The summed E-state index contributed by atoms with van der Waals surface area (Å²) in [6.45, 7) is 5.94. The summed E-state index contributed by atoms with van der Waals surface area (Å²) in [5.41, 5.74) is 1.08. The molecule has 1 aliphatic carbocycles. The fourth-order valence-electron chi connectivity index (χ4n) is 0.731. The lowest BCUT2D eigenvalue weighted by Crippen LogP contribution is -1.78. The van der Waals surface area contributed by atoms with Gasteiger partial charge in [-0.3, -0.25) is 4.99 Å².